The molecule has 0 unspecified atom stereocenters. The molecule has 33 heavy (non-hydrogen) atoms. The third kappa shape index (κ3) is 4.01. The second kappa shape index (κ2) is 8.61. The molecule has 0 bridgehead atoms. The third-order valence-electron chi connectivity index (χ3n) is 5.81. The highest BCUT2D eigenvalue weighted by atomic mass is 79.9. The monoisotopic (exact) mass is 518 g/mol. The van der Waals surface area contributed by atoms with Crippen LogP contribution < -0.4 is 5.56 Å². The lowest BCUT2D eigenvalue weighted by Gasteiger charge is -2.09. The highest BCUT2D eigenvalue weighted by Crippen LogP contribution is 2.26. The molecular weight excluding hydrogens is 500 g/mol. The van der Waals surface area contributed by atoms with Gasteiger partial charge in [-0.15, -0.1) is 0 Å². The van der Waals surface area contributed by atoms with Gasteiger partial charge in [0.25, 0.3) is 5.56 Å². The summed E-state index contributed by atoms with van der Waals surface area (Å²) >= 11 is 9.49. The van der Waals surface area contributed by atoms with Crippen LogP contribution in [0, 0.1) is 13.8 Å². The zero-order chi connectivity index (χ0) is 23.1. The first kappa shape index (κ1) is 21.6. The van der Waals surface area contributed by atoms with Crippen LogP contribution in [0.2, 0.25) is 5.02 Å². The second-order valence-electron chi connectivity index (χ2n) is 7.91. The Balaban J connectivity index is 1.62. The van der Waals surface area contributed by atoms with Crippen molar-refractivity contribution in [2.24, 2.45) is 5.10 Å². The van der Waals surface area contributed by atoms with Crippen molar-refractivity contribution in [1.29, 1.82) is 0 Å². The summed E-state index contributed by atoms with van der Waals surface area (Å²) in [5, 5.41) is 6.89. The molecule has 3 aromatic carbocycles. The molecule has 5 aromatic rings. The van der Waals surface area contributed by atoms with Crippen molar-refractivity contribution in [3.63, 3.8) is 0 Å². The lowest BCUT2D eigenvalue weighted by molar-refractivity contribution is 0.769. The number of rotatable bonds is 4. The van der Waals surface area contributed by atoms with Crippen molar-refractivity contribution in [1.82, 2.24) is 14.2 Å². The van der Waals surface area contributed by atoms with Gasteiger partial charge in [-0.05, 0) is 55.8 Å². The first-order chi connectivity index (χ1) is 15.9. The number of nitrogens with zero attached hydrogens (tertiary/aromatic N) is 4. The molecule has 7 heteroatoms. The SMILES string of the molecule is Cc1nc2ccc(Br)cc2c(=O)n1N=Cc1c(C)n(Cc2ccc(Cl)cc2)c2ccccc12. The van der Waals surface area contributed by atoms with E-state index in [-0.39, 0.29) is 5.56 Å². The van der Waals surface area contributed by atoms with Gasteiger partial charge in [0.15, 0.2) is 0 Å². The highest BCUT2D eigenvalue weighted by molar-refractivity contribution is 9.10. The van der Waals surface area contributed by atoms with Crippen LogP contribution in [0.25, 0.3) is 21.8 Å². The maximum atomic E-state index is 13.1. The Morgan fingerprint density at radius 2 is 1.79 bits per heavy atom. The molecule has 0 fully saturated rings. The number of hydrogen-bond donors (Lipinski definition) is 0. The number of halogens is 2. The molecule has 0 aliphatic heterocycles. The first-order valence-corrected chi connectivity index (χ1v) is 11.6. The third-order valence-corrected chi connectivity index (χ3v) is 6.55. The number of aryl methyl sites for hydroxylation is 1. The maximum absolute atomic E-state index is 13.1. The Kier molecular flexibility index (Phi) is 5.64. The normalized spacial score (nSPS) is 11.8. The summed E-state index contributed by atoms with van der Waals surface area (Å²) in [6.45, 7) is 4.57. The largest absolute Gasteiger partial charge is 0.340 e. The molecule has 0 atom stereocenters. The van der Waals surface area contributed by atoms with E-state index in [1.165, 1.54) is 4.68 Å². The van der Waals surface area contributed by atoms with Crippen LogP contribution in [0.5, 0.6) is 0 Å². The van der Waals surface area contributed by atoms with Gasteiger partial charge in [0.1, 0.15) is 5.82 Å². The number of aromatic nitrogens is 3. The van der Waals surface area contributed by atoms with Crippen molar-refractivity contribution in [3.8, 4) is 0 Å². The Morgan fingerprint density at radius 3 is 2.58 bits per heavy atom. The van der Waals surface area contributed by atoms with Crippen LogP contribution in [0.4, 0.5) is 0 Å². The average Bonchev–Trinajstić information content (AvgIpc) is 3.07. The molecule has 5 nitrogen and oxygen atoms in total. The van der Waals surface area contributed by atoms with Crippen LogP contribution in [-0.2, 0) is 6.54 Å². The minimum absolute atomic E-state index is 0.197. The van der Waals surface area contributed by atoms with Gasteiger partial charge >= 0.3 is 0 Å². The molecule has 2 heterocycles. The minimum atomic E-state index is -0.197. The first-order valence-electron chi connectivity index (χ1n) is 10.5. The molecule has 5 rings (SSSR count). The number of benzene rings is 3. The van der Waals surface area contributed by atoms with E-state index in [1.807, 2.05) is 48.5 Å². The Hall–Kier alpha value is -3.22. The Bertz CT molecular complexity index is 1600. The molecule has 0 N–H and O–H groups in total. The molecule has 0 saturated carbocycles. The molecule has 164 valence electrons. The second-order valence-corrected chi connectivity index (χ2v) is 9.26. The summed E-state index contributed by atoms with van der Waals surface area (Å²) in [5.74, 6) is 0.536. The maximum Gasteiger partial charge on any atom is 0.282 e. The molecule has 0 aliphatic rings. The fraction of sp³-hybridized carbons (Fsp3) is 0.115. The quantitative estimate of drug-likeness (QED) is 0.261. The van der Waals surface area contributed by atoms with E-state index in [0.717, 1.165) is 37.2 Å². The predicted molar refractivity (Wildman–Crippen MR) is 139 cm³/mol. The summed E-state index contributed by atoms with van der Waals surface area (Å²) in [5.41, 5.74) is 4.76. The summed E-state index contributed by atoms with van der Waals surface area (Å²) in [7, 11) is 0. The fourth-order valence-electron chi connectivity index (χ4n) is 4.11. The Labute approximate surface area is 204 Å². The van der Waals surface area contributed by atoms with Gasteiger partial charge in [0.2, 0.25) is 0 Å². The molecule has 2 aromatic heterocycles. The Morgan fingerprint density at radius 1 is 1.03 bits per heavy atom. The van der Waals surface area contributed by atoms with Crippen LogP contribution >= 0.6 is 27.5 Å². The van der Waals surface area contributed by atoms with E-state index in [1.54, 1.807) is 19.2 Å². The standard InChI is InChI=1S/C26H20BrClN4O/c1-16-23(14-29-32-17(2)30-24-12-9-19(27)13-22(24)26(32)33)21-5-3-4-6-25(21)31(16)15-18-7-10-20(28)11-8-18/h3-14H,15H2,1-2H3. The van der Waals surface area contributed by atoms with Gasteiger partial charge in [-0.3, -0.25) is 4.79 Å². The summed E-state index contributed by atoms with van der Waals surface area (Å²) in [6, 6.07) is 21.6. The predicted octanol–water partition coefficient (Wildman–Crippen LogP) is 6.31. The highest BCUT2D eigenvalue weighted by Gasteiger charge is 2.14. The molecule has 0 aliphatic carbocycles. The van der Waals surface area contributed by atoms with Gasteiger partial charge in [-0.25, -0.2) is 4.98 Å². The molecular formula is C26H20BrClN4O. The van der Waals surface area contributed by atoms with E-state index in [2.05, 4.69) is 49.6 Å². The lowest BCUT2D eigenvalue weighted by atomic mass is 10.1. The molecule has 0 spiro atoms. The summed E-state index contributed by atoms with van der Waals surface area (Å²) in [4.78, 5) is 17.7. The summed E-state index contributed by atoms with van der Waals surface area (Å²) in [6.07, 6.45) is 1.76. The number of para-hydroxylation sites is 1. The van der Waals surface area contributed by atoms with Gasteiger partial charge in [-0.1, -0.05) is 57.9 Å². The average molecular weight is 520 g/mol. The minimum Gasteiger partial charge on any atom is -0.340 e. The van der Waals surface area contributed by atoms with E-state index in [9.17, 15) is 4.79 Å². The molecule has 0 amide bonds. The van der Waals surface area contributed by atoms with Crippen LogP contribution in [0.1, 0.15) is 22.6 Å². The van der Waals surface area contributed by atoms with Crippen molar-refractivity contribution < 1.29 is 0 Å². The van der Waals surface area contributed by atoms with Crippen LogP contribution in [0.15, 0.2) is 81.1 Å². The molecule has 0 radical (unpaired) electrons. The van der Waals surface area contributed by atoms with Crippen LogP contribution in [-0.4, -0.2) is 20.4 Å². The van der Waals surface area contributed by atoms with E-state index < -0.39 is 0 Å². The van der Waals surface area contributed by atoms with Crippen molar-refractivity contribution in [2.75, 3.05) is 0 Å². The fourth-order valence-corrected chi connectivity index (χ4v) is 4.60. The van der Waals surface area contributed by atoms with Crippen molar-refractivity contribution in [3.05, 3.63) is 109 Å². The number of fused-ring (bicyclic) bond motifs is 2. The van der Waals surface area contributed by atoms with Crippen molar-refractivity contribution in [2.45, 2.75) is 20.4 Å². The van der Waals surface area contributed by atoms with E-state index in [4.69, 9.17) is 11.6 Å². The van der Waals surface area contributed by atoms with Gasteiger partial charge in [-0.2, -0.15) is 9.78 Å². The zero-order valence-electron chi connectivity index (χ0n) is 18.1. The van der Waals surface area contributed by atoms with Gasteiger partial charge in [0.05, 0.1) is 17.1 Å². The lowest BCUT2D eigenvalue weighted by Crippen LogP contribution is -2.20. The topological polar surface area (TPSA) is 52.2 Å². The molecule has 0 saturated heterocycles. The zero-order valence-corrected chi connectivity index (χ0v) is 20.4. The summed E-state index contributed by atoms with van der Waals surface area (Å²) < 4.78 is 4.44. The smallest absolute Gasteiger partial charge is 0.282 e. The van der Waals surface area contributed by atoms with Gasteiger partial charge < -0.3 is 4.57 Å². The van der Waals surface area contributed by atoms with Gasteiger partial charge in [0, 0.05) is 38.2 Å². The number of hydrogen-bond acceptors (Lipinski definition) is 3. The van der Waals surface area contributed by atoms with E-state index >= 15 is 0 Å². The van der Waals surface area contributed by atoms with Crippen LogP contribution in [0.3, 0.4) is 0 Å². The van der Waals surface area contributed by atoms with Crippen molar-refractivity contribution >= 4 is 55.6 Å². The van der Waals surface area contributed by atoms with E-state index in [0.29, 0.717) is 23.3 Å².